The molecule has 8 nitrogen and oxygen atoms in total. The van der Waals surface area contributed by atoms with Gasteiger partial charge in [-0.2, -0.15) is 17.5 Å². The van der Waals surface area contributed by atoms with Gasteiger partial charge in [0.05, 0.1) is 12.0 Å². The van der Waals surface area contributed by atoms with Crippen molar-refractivity contribution in [2.24, 2.45) is 15.4 Å². The fourth-order valence-corrected chi connectivity index (χ4v) is 7.83. The van der Waals surface area contributed by atoms with Gasteiger partial charge in [0.15, 0.2) is 11.1 Å². The zero-order chi connectivity index (χ0) is 27.6. The summed E-state index contributed by atoms with van der Waals surface area (Å²) in [7, 11) is -3.84. The topological polar surface area (TPSA) is 103 Å². The Labute approximate surface area is 224 Å². The van der Waals surface area contributed by atoms with Crippen molar-refractivity contribution in [1.82, 2.24) is 14.9 Å². The molecule has 3 saturated carbocycles. The Morgan fingerprint density at radius 2 is 1.87 bits per heavy atom. The molecule has 0 aromatic heterocycles. The van der Waals surface area contributed by atoms with Crippen LogP contribution in [0.15, 0.2) is 46.5 Å². The van der Waals surface area contributed by atoms with Gasteiger partial charge >= 0.3 is 6.18 Å². The van der Waals surface area contributed by atoms with E-state index in [1.807, 2.05) is 0 Å². The van der Waals surface area contributed by atoms with Crippen molar-refractivity contribution < 1.29 is 26.4 Å². The first-order valence-electron chi connectivity index (χ1n) is 12.4. The summed E-state index contributed by atoms with van der Waals surface area (Å²) in [5.74, 6) is 0.0470. The number of amidine groups is 1. The Morgan fingerprint density at radius 1 is 1.21 bits per heavy atom. The van der Waals surface area contributed by atoms with Crippen molar-refractivity contribution in [3.63, 3.8) is 0 Å². The Morgan fingerprint density at radius 3 is 2.45 bits per heavy atom. The summed E-state index contributed by atoms with van der Waals surface area (Å²) in [5, 5.41) is 6.32. The summed E-state index contributed by atoms with van der Waals surface area (Å²) < 4.78 is 66.4. The summed E-state index contributed by atoms with van der Waals surface area (Å²) in [6.07, 6.45) is -0.446. The largest absolute Gasteiger partial charge is 0.390 e. The van der Waals surface area contributed by atoms with Crippen LogP contribution < -0.4 is 10.6 Å². The van der Waals surface area contributed by atoms with Crippen LogP contribution in [0.3, 0.4) is 0 Å². The van der Waals surface area contributed by atoms with Gasteiger partial charge in [0.25, 0.3) is 10.0 Å². The average Bonchev–Trinajstić information content (AvgIpc) is 3.40. The van der Waals surface area contributed by atoms with E-state index in [2.05, 4.69) is 20.6 Å². The monoisotopic (exact) mass is 571 g/mol. The van der Waals surface area contributed by atoms with Crippen LogP contribution in [0.25, 0.3) is 0 Å². The van der Waals surface area contributed by atoms with Crippen LogP contribution in [0.2, 0.25) is 5.02 Å². The highest BCUT2D eigenvalue weighted by molar-refractivity contribution is 8.04. The minimum Gasteiger partial charge on any atom is -0.366 e. The Balaban J connectivity index is 1.33. The molecule has 13 heteroatoms. The third-order valence-electron chi connectivity index (χ3n) is 7.82. The summed E-state index contributed by atoms with van der Waals surface area (Å²) in [5.41, 5.74) is -0.997. The van der Waals surface area contributed by atoms with Crippen LogP contribution in [0.4, 0.5) is 13.2 Å². The van der Waals surface area contributed by atoms with Gasteiger partial charge in [-0.05, 0) is 50.8 Å². The molecule has 6 rings (SSSR count). The van der Waals surface area contributed by atoms with Gasteiger partial charge in [-0.3, -0.25) is 9.79 Å². The van der Waals surface area contributed by atoms with Crippen LogP contribution in [0.1, 0.15) is 51.5 Å². The van der Waals surface area contributed by atoms with Crippen LogP contribution in [-0.4, -0.2) is 59.4 Å². The standard InChI is InChI=1S/C25H29ClF3N5O3S/c1-22(2)19(20(35)31-11-9-25(27,28)29)32-21(33-22)23-13-24(14-23,15-23)34(12-16-5-7-17(26)8-6-16)38(36,37)18-4-3-10-30-18/h3,5-8,10,19H,4,9,11-15H2,1-2H3,(H,31,35)(H,32,33)/t19-,23?,24?/m0/s1. The van der Waals surface area contributed by atoms with Gasteiger partial charge in [0.2, 0.25) is 5.91 Å². The number of hydrogen-bond donors (Lipinski definition) is 2. The van der Waals surface area contributed by atoms with Gasteiger partial charge in [0, 0.05) is 41.7 Å². The number of rotatable bonds is 8. The molecular formula is C25H29ClF3N5O3S. The summed E-state index contributed by atoms with van der Waals surface area (Å²) in [6, 6.07) is 6.16. The summed E-state index contributed by atoms with van der Waals surface area (Å²) in [4.78, 5) is 21.4. The third-order valence-corrected chi connectivity index (χ3v) is 10.0. The maximum absolute atomic E-state index is 13.7. The minimum atomic E-state index is -4.36. The second-order valence-electron chi connectivity index (χ2n) is 11.2. The van der Waals surface area contributed by atoms with Gasteiger partial charge in [-0.1, -0.05) is 29.8 Å². The van der Waals surface area contributed by atoms with Gasteiger partial charge in [-0.15, -0.1) is 0 Å². The normalized spacial score (nSPS) is 29.3. The molecule has 1 atom stereocenters. The average molecular weight is 572 g/mol. The predicted molar refractivity (Wildman–Crippen MR) is 138 cm³/mol. The van der Waals surface area contributed by atoms with Gasteiger partial charge < -0.3 is 10.6 Å². The van der Waals surface area contributed by atoms with Crippen LogP contribution in [-0.2, 0) is 21.4 Å². The highest BCUT2D eigenvalue weighted by atomic mass is 35.5. The highest BCUT2D eigenvalue weighted by Crippen LogP contribution is 2.71. The molecule has 0 spiro atoms. The Hall–Kier alpha value is -2.44. The molecule has 206 valence electrons. The molecular weight excluding hydrogens is 543 g/mol. The molecule has 2 aliphatic heterocycles. The van der Waals surface area contributed by atoms with E-state index in [4.69, 9.17) is 11.6 Å². The number of benzene rings is 1. The second kappa shape index (κ2) is 9.06. The lowest BCUT2D eigenvalue weighted by atomic mass is 9.38. The number of allylic oxidation sites excluding steroid dienone is 1. The van der Waals surface area contributed by atoms with E-state index in [-0.39, 0.29) is 18.0 Å². The van der Waals surface area contributed by atoms with E-state index in [9.17, 15) is 26.4 Å². The molecule has 3 aliphatic carbocycles. The number of carbonyl (C=O) groups is 1. The molecule has 5 aliphatic rings. The molecule has 0 saturated heterocycles. The van der Waals surface area contributed by atoms with Crippen LogP contribution in [0, 0.1) is 5.41 Å². The molecule has 1 aromatic rings. The Bertz CT molecular complexity index is 1320. The van der Waals surface area contributed by atoms with Crippen LogP contribution >= 0.6 is 11.6 Å². The van der Waals surface area contributed by atoms with E-state index < -0.39 is 57.6 Å². The molecule has 2 bridgehead atoms. The predicted octanol–water partition coefficient (Wildman–Crippen LogP) is 3.93. The van der Waals surface area contributed by atoms with E-state index in [1.54, 1.807) is 48.5 Å². The summed E-state index contributed by atoms with van der Waals surface area (Å²) in [6.45, 7) is 3.22. The second-order valence-corrected chi connectivity index (χ2v) is 13.5. The third kappa shape index (κ3) is 4.75. The fraction of sp³-hybridized carbons (Fsp3) is 0.560. The van der Waals surface area contributed by atoms with E-state index in [1.165, 1.54) is 6.20 Å². The van der Waals surface area contributed by atoms with Gasteiger partial charge in [0.1, 0.15) is 5.84 Å². The lowest BCUT2D eigenvalue weighted by Crippen LogP contribution is -2.79. The molecule has 0 radical (unpaired) electrons. The molecule has 2 N–H and O–H groups in total. The number of alkyl halides is 3. The first-order valence-corrected chi connectivity index (χ1v) is 14.2. The van der Waals surface area contributed by atoms with Crippen molar-refractivity contribution in [3.05, 3.63) is 47.1 Å². The van der Waals surface area contributed by atoms with E-state index in [0.29, 0.717) is 30.1 Å². The molecule has 0 unspecified atom stereocenters. The Kier molecular flexibility index (Phi) is 6.47. The number of halogens is 4. The number of sulfonamides is 1. The summed E-state index contributed by atoms with van der Waals surface area (Å²) >= 11 is 6.02. The lowest BCUT2D eigenvalue weighted by molar-refractivity contribution is -0.150. The highest BCUT2D eigenvalue weighted by Gasteiger charge is 2.75. The van der Waals surface area contributed by atoms with Crippen molar-refractivity contribution in [2.45, 2.75) is 75.8 Å². The van der Waals surface area contributed by atoms with E-state index >= 15 is 0 Å². The molecule has 1 amide bonds. The molecule has 3 fully saturated rings. The fourth-order valence-electron chi connectivity index (χ4n) is 5.93. The number of nitrogens with zero attached hydrogens (tertiary/aromatic N) is 3. The van der Waals surface area contributed by atoms with Gasteiger partial charge in [-0.25, -0.2) is 13.4 Å². The maximum atomic E-state index is 13.7. The first kappa shape index (κ1) is 27.1. The number of aliphatic imine (C=N–C) groups is 2. The smallest absolute Gasteiger partial charge is 0.366 e. The SMILES string of the molecule is CC1(C)NC(C23CC(N(Cc4ccc(Cl)cc4)S(=O)(=O)C4=NC=CC4)(C2)C3)=N[C@H]1C(=O)NCCC(F)(F)F. The number of hydrogen-bond acceptors (Lipinski definition) is 6. The van der Waals surface area contributed by atoms with Crippen molar-refractivity contribution >= 4 is 38.4 Å². The molecule has 38 heavy (non-hydrogen) atoms. The molecule has 1 aromatic carbocycles. The zero-order valence-corrected chi connectivity index (χ0v) is 22.6. The van der Waals surface area contributed by atoms with Crippen molar-refractivity contribution in [1.29, 1.82) is 0 Å². The quantitative estimate of drug-likeness (QED) is 0.493. The lowest BCUT2D eigenvalue weighted by Gasteiger charge is -2.72. The van der Waals surface area contributed by atoms with Crippen molar-refractivity contribution in [2.75, 3.05) is 6.54 Å². The zero-order valence-electron chi connectivity index (χ0n) is 21.0. The minimum absolute atomic E-state index is 0.110. The van der Waals surface area contributed by atoms with Crippen LogP contribution in [0.5, 0.6) is 0 Å². The number of nitrogens with one attached hydrogen (secondary N) is 2. The first-order chi connectivity index (χ1) is 17.7. The van der Waals surface area contributed by atoms with Crippen molar-refractivity contribution in [3.8, 4) is 0 Å². The molecule has 2 heterocycles. The number of amides is 1. The maximum Gasteiger partial charge on any atom is 0.390 e. The van der Waals surface area contributed by atoms with E-state index in [0.717, 1.165) is 5.56 Å². The number of carbonyl (C=O) groups excluding carboxylic acids is 1.